The van der Waals surface area contributed by atoms with E-state index in [1.807, 2.05) is 60.7 Å². The number of hydrogen-bond donors (Lipinski definition) is 2. The largest absolute Gasteiger partial charge is 0.493 e. The minimum atomic E-state index is -0.216. The Morgan fingerprint density at radius 3 is 2.60 bits per heavy atom. The lowest BCUT2D eigenvalue weighted by Crippen LogP contribution is -2.40. The highest BCUT2D eigenvalue weighted by Gasteiger charge is 2.27. The molecule has 30 heavy (non-hydrogen) atoms. The molecule has 5 nitrogen and oxygen atoms in total. The lowest BCUT2D eigenvalue weighted by molar-refractivity contribution is 0.210. The first-order chi connectivity index (χ1) is 14.7. The molecule has 2 aliphatic heterocycles. The van der Waals surface area contributed by atoms with Gasteiger partial charge in [-0.15, -0.1) is 0 Å². The summed E-state index contributed by atoms with van der Waals surface area (Å²) in [5.41, 5.74) is 9.15. The topological polar surface area (TPSA) is 53.6 Å². The maximum Gasteiger partial charge on any atom is 0.340 e. The average molecular weight is 418 g/mol. The van der Waals surface area contributed by atoms with E-state index in [4.69, 9.17) is 16.3 Å². The molecule has 2 N–H and O–H groups in total. The molecule has 150 valence electrons. The number of nitrogens with one attached hydrogen (secondary N) is 2. The highest BCUT2D eigenvalue weighted by atomic mass is 35.5. The standard InChI is InChI=1S/C24H20ClN3O2/c25-19-8-6-17(7-9-19)23-21(16-4-2-1-3-5-16)15-28(27-23)24(29)26-20-10-11-22-18(14-20)12-13-30-22/h1-11,14,27H,12-13,15H2,(H,26,29). The van der Waals surface area contributed by atoms with Gasteiger partial charge in [0.2, 0.25) is 0 Å². The fourth-order valence-electron chi connectivity index (χ4n) is 3.79. The third kappa shape index (κ3) is 3.60. The summed E-state index contributed by atoms with van der Waals surface area (Å²) < 4.78 is 5.54. The Morgan fingerprint density at radius 1 is 1.00 bits per heavy atom. The first-order valence-corrected chi connectivity index (χ1v) is 10.2. The molecule has 0 radical (unpaired) electrons. The van der Waals surface area contributed by atoms with Crippen LogP contribution in [0.2, 0.25) is 5.02 Å². The molecular weight excluding hydrogens is 398 g/mol. The molecular formula is C24H20ClN3O2. The summed E-state index contributed by atoms with van der Waals surface area (Å²) in [4.78, 5) is 13.0. The number of carbonyl (C=O) groups excluding carboxylic acids is 1. The molecule has 0 saturated heterocycles. The fraction of sp³-hybridized carbons (Fsp3) is 0.125. The summed E-state index contributed by atoms with van der Waals surface area (Å²) in [5, 5.41) is 5.26. The number of ether oxygens (including phenoxy) is 1. The van der Waals surface area contributed by atoms with Crippen molar-refractivity contribution < 1.29 is 9.53 Å². The number of benzene rings is 3. The van der Waals surface area contributed by atoms with Gasteiger partial charge < -0.3 is 10.1 Å². The third-order valence-corrected chi connectivity index (χ3v) is 5.56. The molecule has 0 spiro atoms. The van der Waals surface area contributed by atoms with E-state index < -0.39 is 0 Å². The van der Waals surface area contributed by atoms with Crippen molar-refractivity contribution in [2.45, 2.75) is 6.42 Å². The Morgan fingerprint density at radius 2 is 1.80 bits per heavy atom. The first kappa shape index (κ1) is 18.6. The van der Waals surface area contributed by atoms with Crippen molar-refractivity contribution in [2.75, 3.05) is 18.5 Å². The molecule has 2 heterocycles. The van der Waals surface area contributed by atoms with Crippen molar-refractivity contribution in [3.63, 3.8) is 0 Å². The number of fused-ring (bicyclic) bond motifs is 1. The molecule has 3 aromatic carbocycles. The molecule has 0 bridgehead atoms. The van der Waals surface area contributed by atoms with Crippen molar-refractivity contribution >= 4 is 34.6 Å². The van der Waals surface area contributed by atoms with Crippen LogP contribution in [0.3, 0.4) is 0 Å². The van der Waals surface area contributed by atoms with Crippen LogP contribution < -0.4 is 15.5 Å². The second-order valence-corrected chi connectivity index (χ2v) is 7.71. The first-order valence-electron chi connectivity index (χ1n) is 9.83. The zero-order valence-electron chi connectivity index (χ0n) is 16.2. The van der Waals surface area contributed by atoms with E-state index in [1.54, 1.807) is 5.01 Å². The van der Waals surface area contributed by atoms with Crippen LogP contribution in [0.1, 0.15) is 16.7 Å². The van der Waals surface area contributed by atoms with Crippen LogP contribution in [-0.4, -0.2) is 24.2 Å². The number of hydrogen-bond acceptors (Lipinski definition) is 3. The van der Waals surface area contributed by atoms with Crippen LogP contribution in [0.15, 0.2) is 72.8 Å². The predicted octanol–water partition coefficient (Wildman–Crippen LogP) is 5.20. The average Bonchev–Trinajstić information content (AvgIpc) is 3.42. The van der Waals surface area contributed by atoms with Gasteiger partial charge in [0.15, 0.2) is 0 Å². The molecule has 5 rings (SSSR count). The molecule has 0 aliphatic carbocycles. The van der Waals surface area contributed by atoms with E-state index >= 15 is 0 Å². The highest BCUT2D eigenvalue weighted by Crippen LogP contribution is 2.32. The van der Waals surface area contributed by atoms with E-state index in [0.717, 1.165) is 45.8 Å². The van der Waals surface area contributed by atoms with E-state index in [9.17, 15) is 4.79 Å². The molecule has 3 aromatic rings. The predicted molar refractivity (Wildman–Crippen MR) is 119 cm³/mol. The Labute approximate surface area is 179 Å². The minimum Gasteiger partial charge on any atom is -0.493 e. The number of amides is 2. The molecule has 0 saturated carbocycles. The van der Waals surface area contributed by atoms with Crippen molar-refractivity contribution in [1.82, 2.24) is 10.4 Å². The smallest absolute Gasteiger partial charge is 0.340 e. The van der Waals surface area contributed by atoms with Gasteiger partial charge in [-0.05, 0) is 47.0 Å². The summed E-state index contributed by atoms with van der Waals surface area (Å²) in [5.74, 6) is 0.894. The van der Waals surface area contributed by atoms with Crippen LogP contribution in [0.25, 0.3) is 11.3 Å². The number of halogens is 1. The molecule has 2 aliphatic rings. The van der Waals surface area contributed by atoms with Crippen LogP contribution in [0, 0.1) is 0 Å². The van der Waals surface area contributed by atoms with Gasteiger partial charge in [0.1, 0.15) is 5.75 Å². The van der Waals surface area contributed by atoms with Crippen molar-refractivity contribution in [3.05, 3.63) is 94.5 Å². The van der Waals surface area contributed by atoms with Gasteiger partial charge in [-0.3, -0.25) is 5.43 Å². The van der Waals surface area contributed by atoms with Crippen LogP contribution >= 0.6 is 11.6 Å². The summed E-state index contributed by atoms with van der Waals surface area (Å²) in [6.45, 7) is 1.14. The van der Waals surface area contributed by atoms with E-state index in [0.29, 0.717) is 18.2 Å². The van der Waals surface area contributed by atoms with Gasteiger partial charge in [-0.25, -0.2) is 9.80 Å². The summed E-state index contributed by atoms with van der Waals surface area (Å²) in [6.07, 6.45) is 0.863. The molecule has 6 heteroatoms. The lowest BCUT2D eigenvalue weighted by atomic mass is 10.0. The SMILES string of the molecule is O=C(Nc1ccc2c(c1)CCO2)N1CC(c2ccccc2)=C(c2ccc(Cl)cc2)N1. The monoisotopic (exact) mass is 417 g/mol. The number of rotatable bonds is 3. The maximum atomic E-state index is 13.0. The quantitative estimate of drug-likeness (QED) is 0.616. The Balaban J connectivity index is 1.40. The zero-order chi connectivity index (χ0) is 20.5. The minimum absolute atomic E-state index is 0.216. The Bertz CT molecular complexity index is 1130. The van der Waals surface area contributed by atoms with Crippen LogP contribution in [-0.2, 0) is 6.42 Å². The fourth-order valence-corrected chi connectivity index (χ4v) is 3.91. The Kier molecular flexibility index (Phi) is 4.81. The van der Waals surface area contributed by atoms with Crippen LogP contribution in [0.4, 0.5) is 10.5 Å². The molecule has 0 aromatic heterocycles. The second-order valence-electron chi connectivity index (χ2n) is 7.28. The zero-order valence-corrected chi connectivity index (χ0v) is 16.9. The van der Waals surface area contributed by atoms with E-state index in [1.165, 1.54) is 0 Å². The Hall–Kier alpha value is -3.44. The van der Waals surface area contributed by atoms with Gasteiger partial charge in [0, 0.05) is 22.7 Å². The summed E-state index contributed by atoms with van der Waals surface area (Å²) in [6, 6.07) is 23.2. The number of anilines is 1. The summed E-state index contributed by atoms with van der Waals surface area (Å²) in [7, 11) is 0. The normalized spacial score (nSPS) is 14.9. The summed E-state index contributed by atoms with van der Waals surface area (Å²) >= 11 is 6.06. The number of urea groups is 1. The van der Waals surface area contributed by atoms with Crippen LogP contribution in [0.5, 0.6) is 5.75 Å². The van der Waals surface area contributed by atoms with Gasteiger partial charge in [-0.1, -0.05) is 54.1 Å². The molecule has 0 unspecified atom stereocenters. The molecule has 2 amide bonds. The van der Waals surface area contributed by atoms with Gasteiger partial charge in [0.05, 0.1) is 18.8 Å². The van der Waals surface area contributed by atoms with Crippen molar-refractivity contribution in [3.8, 4) is 5.75 Å². The van der Waals surface area contributed by atoms with E-state index in [2.05, 4.69) is 22.9 Å². The number of carbonyl (C=O) groups is 1. The number of nitrogens with zero attached hydrogens (tertiary/aromatic N) is 1. The van der Waals surface area contributed by atoms with Crippen molar-refractivity contribution in [2.24, 2.45) is 0 Å². The van der Waals surface area contributed by atoms with Gasteiger partial charge in [0.25, 0.3) is 0 Å². The van der Waals surface area contributed by atoms with Gasteiger partial charge in [-0.2, -0.15) is 0 Å². The second kappa shape index (κ2) is 7.76. The highest BCUT2D eigenvalue weighted by molar-refractivity contribution is 6.30. The van der Waals surface area contributed by atoms with Crippen molar-refractivity contribution in [1.29, 1.82) is 0 Å². The van der Waals surface area contributed by atoms with Gasteiger partial charge >= 0.3 is 6.03 Å². The molecule has 0 atom stereocenters. The third-order valence-electron chi connectivity index (χ3n) is 5.31. The molecule has 0 fully saturated rings. The maximum absolute atomic E-state index is 13.0. The lowest BCUT2D eigenvalue weighted by Gasteiger charge is -2.19. The number of hydrazine groups is 1. The van der Waals surface area contributed by atoms with E-state index in [-0.39, 0.29) is 6.03 Å².